The molecule has 9 nitrogen and oxygen atoms in total. The topological polar surface area (TPSA) is 120 Å². The number of aromatic nitrogens is 4. The molecule has 0 spiro atoms. The zero-order valence-corrected chi connectivity index (χ0v) is 19.1. The van der Waals surface area contributed by atoms with Crippen LogP contribution in [0, 0.1) is 5.92 Å². The van der Waals surface area contributed by atoms with Gasteiger partial charge in [0.05, 0.1) is 48.6 Å². The van der Waals surface area contributed by atoms with E-state index in [0.29, 0.717) is 24.7 Å². The van der Waals surface area contributed by atoms with Crippen molar-refractivity contribution in [3.05, 3.63) is 75.7 Å². The van der Waals surface area contributed by atoms with Crippen LogP contribution in [0.25, 0.3) is 31.5 Å². The number of hydrogen-bond acceptors (Lipinski definition) is 6. The zero-order chi connectivity index (χ0) is 21.9. The van der Waals surface area contributed by atoms with Gasteiger partial charge in [0.25, 0.3) is 0 Å². The van der Waals surface area contributed by atoms with Gasteiger partial charge in [-0.05, 0) is 30.3 Å². The number of fused-ring (bicyclic) bond motifs is 1. The predicted octanol–water partition coefficient (Wildman–Crippen LogP) is 4.75. The maximum Gasteiger partial charge on any atom is 0.154 e. The summed E-state index contributed by atoms with van der Waals surface area (Å²) >= 11 is -1.26. The molecule has 5 rings (SSSR count). The number of hydrogen-bond donors (Lipinski definition) is 1. The second-order valence-electron chi connectivity index (χ2n) is 7.43. The van der Waals surface area contributed by atoms with Gasteiger partial charge in [0, 0.05) is 16.9 Å². The fraction of sp³-hybridized carbons (Fsp3) is 0.227. The van der Waals surface area contributed by atoms with Crippen molar-refractivity contribution in [2.75, 3.05) is 13.2 Å². The lowest BCUT2D eigenvalue weighted by Crippen LogP contribution is -2.32. The highest BCUT2D eigenvalue weighted by Crippen LogP contribution is 2.33. The molecule has 162 valence electrons. The molecule has 0 amide bonds. The summed E-state index contributed by atoms with van der Waals surface area (Å²) in [4.78, 5) is 9.33. The van der Waals surface area contributed by atoms with Crippen LogP contribution in [-0.2, 0) is 11.3 Å². The van der Waals surface area contributed by atoms with Gasteiger partial charge in [0.2, 0.25) is 0 Å². The quantitative estimate of drug-likeness (QED) is 0.268. The minimum absolute atomic E-state index is 0.127. The Bertz CT molecular complexity index is 1300. The van der Waals surface area contributed by atoms with Crippen LogP contribution in [0.1, 0.15) is 17.4 Å². The average Bonchev–Trinajstić information content (AvgIpc) is 3.24. The van der Waals surface area contributed by atoms with Crippen molar-refractivity contribution in [2.24, 2.45) is 14.4 Å². The first-order valence-corrected chi connectivity index (χ1v) is 12.0. The van der Waals surface area contributed by atoms with Crippen LogP contribution in [0.5, 0.6) is 0 Å². The Hall–Kier alpha value is -2.96. The third-order valence-corrected chi connectivity index (χ3v) is 5.87. The zero-order valence-electron chi connectivity index (χ0n) is 16.9. The Morgan fingerprint density at radius 1 is 1.16 bits per heavy atom. The molecule has 4 heterocycles. The Kier molecular flexibility index (Phi) is 6.06. The molecule has 0 bridgehead atoms. The third-order valence-electron chi connectivity index (χ3n) is 5.42. The number of pyridine rings is 2. The summed E-state index contributed by atoms with van der Waals surface area (Å²) in [6, 6.07) is 17.2. The average molecular weight is 540 g/mol. The van der Waals surface area contributed by atoms with Crippen molar-refractivity contribution in [1.29, 1.82) is 0 Å². The largest absolute Gasteiger partial charge is 0.753 e. The van der Waals surface area contributed by atoms with Crippen molar-refractivity contribution >= 4 is 32.2 Å². The Balaban J connectivity index is 1.54. The van der Waals surface area contributed by atoms with Gasteiger partial charge in [-0.3, -0.25) is 4.98 Å². The van der Waals surface area contributed by atoms with Crippen LogP contribution in [0.4, 0.5) is 0 Å². The number of benzene rings is 1. The minimum atomic E-state index is -1.26. The molecule has 1 aliphatic heterocycles. The van der Waals surface area contributed by atoms with Crippen LogP contribution in [0.3, 0.4) is 0 Å². The normalized spacial score (nSPS) is 15.3. The van der Waals surface area contributed by atoms with Crippen LogP contribution in [0.2, 0.25) is 0 Å². The molecule has 1 unspecified atom stereocenters. The smallest absolute Gasteiger partial charge is 0.154 e. The molecular formula is C22H19IN7O2-. The predicted molar refractivity (Wildman–Crippen MR) is 127 cm³/mol. The van der Waals surface area contributed by atoms with Crippen molar-refractivity contribution in [3.63, 3.8) is 0 Å². The van der Waals surface area contributed by atoms with Gasteiger partial charge < -0.3 is 13.4 Å². The molecule has 4 aromatic rings. The van der Waals surface area contributed by atoms with E-state index in [2.05, 4.69) is 18.5 Å². The van der Waals surface area contributed by atoms with Crippen LogP contribution in [-0.4, -0.2) is 38.1 Å². The maximum atomic E-state index is 9.42. The molecule has 1 aromatic carbocycles. The van der Waals surface area contributed by atoms with Gasteiger partial charge in [-0.25, -0.2) is 9.67 Å². The van der Waals surface area contributed by atoms with E-state index in [0.717, 1.165) is 27.9 Å². The van der Waals surface area contributed by atoms with E-state index in [9.17, 15) is 8.67 Å². The molecule has 1 saturated heterocycles. The molecule has 1 fully saturated rings. The minimum Gasteiger partial charge on any atom is -0.753 e. The molecule has 1 atom stereocenters. The second kappa shape index (κ2) is 9.27. The summed E-state index contributed by atoms with van der Waals surface area (Å²) in [5.41, 5.74) is 4.04. The van der Waals surface area contributed by atoms with Gasteiger partial charge in [-0.2, -0.15) is 13.5 Å². The van der Waals surface area contributed by atoms with Gasteiger partial charge >= 0.3 is 0 Å². The second-order valence-corrected chi connectivity index (χ2v) is 8.29. The summed E-state index contributed by atoms with van der Waals surface area (Å²) < 4.78 is 20.2. The van der Waals surface area contributed by atoms with E-state index < -0.39 is 21.3 Å². The molecule has 0 radical (unpaired) electrons. The van der Waals surface area contributed by atoms with Crippen LogP contribution < -0.4 is 0 Å². The molecule has 1 aliphatic rings. The molecule has 0 aliphatic carbocycles. The summed E-state index contributed by atoms with van der Waals surface area (Å²) in [7, 11) is 0. The van der Waals surface area contributed by atoms with Crippen LogP contribution >= 0.6 is 21.3 Å². The first-order valence-electron chi connectivity index (χ1n) is 10.0. The van der Waals surface area contributed by atoms with E-state index in [1.54, 1.807) is 16.9 Å². The summed E-state index contributed by atoms with van der Waals surface area (Å²) in [5, 5.41) is 19.2. The van der Waals surface area contributed by atoms with E-state index in [-0.39, 0.29) is 18.6 Å². The highest BCUT2D eigenvalue weighted by Gasteiger charge is 2.31. The summed E-state index contributed by atoms with van der Waals surface area (Å²) in [6.45, 7) is 1.10. The number of rotatable bonds is 7. The van der Waals surface area contributed by atoms with E-state index in [1.165, 1.54) is 0 Å². The SMILES string of the molecule is [N-]=IN=NC(c1cccc(-c2ccc3cnn(-c4cccc(CO)n4)c3c2)n1)C1COC1. The summed E-state index contributed by atoms with van der Waals surface area (Å²) in [5.74, 6) is 0.856. The van der Waals surface area contributed by atoms with Crippen LogP contribution in [0.15, 0.2) is 69.2 Å². The van der Waals surface area contributed by atoms with Crippen molar-refractivity contribution in [2.45, 2.75) is 12.6 Å². The van der Waals surface area contributed by atoms with Gasteiger partial charge in [0.1, 0.15) is 6.04 Å². The number of nitrogens with zero attached hydrogens (tertiary/aromatic N) is 7. The fourth-order valence-electron chi connectivity index (χ4n) is 3.71. The number of ether oxygens (including phenoxy) is 1. The van der Waals surface area contributed by atoms with Crippen molar-refractivity contribution in [3.8, 4) is 17.1 Å². The fourth-order valence-corrected chi connectivity index (χ4v) is 4.09. The lowest BCUT2D eigenvalue weighted by molar-refractivity contribution is -0.0451. The third kappa shape index (κ3) is 4.08. The first kappa shape index (κ1) is 20.9. The van der Waals surface area contributed by atoms with E-state index in [1.807, 2.05) is 48.5 Å². The standard InChI is InChI=1S/C22H19IN7O2/c24-23-29-28-22(16-12-32-13-16)19-5-2-4-18(27-19)14-7-8-15-10-25-30(20(15)9-14)21-6-1-3-17(11-31)26-21/h1-10,16,22,31H,11-13H2/q-1. The lowest BCUT2D eigenvalue weighted by atomic mass is 9.95. The number of halogens is 1. The maximum absolute atomic E-state index is 9.42. The van der Waals surface area contributed by atoms with Crippen molar-refractivity contribution < 1.29 is 9.84 Å². The van der Waals surface area contributed by atoms with E-state index in [4.69, 9.17) is 9.72 Å². The molecule has 0 saturated carbocycles. The molecule has 10 heteroatoms. The van der Waals surface area contributed by atoms with Crippen molar-refractivity contribution in [1.82, 2.24) is 19.7 Å². The Labute approximate surface area is 194 Å². The molecular weight excluding hydrogens is 521 g/mol. The van der Waals surface area contributed by atoms with E-state index >= 15 is 0 Å². The summed E-state index contributed by atoms with van der Waals surface area (Å²) in [6.07, 6.45) is 1.79. The molecule has 3 aromatic heterocycles. The van der Waals surface area contributed by atoms with Gasteiger partial charge in [-0.1, -0.05) is 24.3 Å². The highest BCUT2D eigenvalue weighted by molar-refractivity contribution is 14.2. The lowest BCUT2D eigenvalue weighted by Gasteiger charge is -2.30. The van der Waals surface area contributed by atoms with Gasteiger partial charge in [-0.15, -0.1) is 21.3 Å². The number of aliphatic hydroxyl groups is 1. The molecule has 32 heavy (non-hydrogen) atoms. The van der Waals surface area contributed by atoms with Gasteiger partial charge in [0.15, 0.2) is 5.82 Å². The Morgan fingerprint density at radius 3 is 2.81 bits per heavy atom. The number of aliphatic hydroxyl groups excluding tert-OH is 1. The Morgan fingerprint density at radius 2 is 2.03 bits per heavy atom. The first-order chi connectivity index (χ1) is 15.8. The molecule has 1 N–H and O–H groups in total. The highest BCUT2D eigenvalue weighted by atomic mass is 127. The monoisotopic (exact) mass is 540 g/mol.